The minimum absolute atomic E-state index is 0.275. The second-order valence-electron chi connectivity index (χ2n) is 8.15. The van der Waals surface area contributed by atoms with Crippen LogP contribution in [0.1, 0.15) is 110 Å². The molecule has 172 valence electrons. The van der Waals surface area contributed by atoms with Crippen LogP contribution in [0.15, 0.2) is 24.1 Å². The van der Waals surface area contributed by atoms with Crippen molar-refractivity contribution in [3.05, 3.63) is 24.1 Å². The molecule has 0 N–H and O–H groups in total. The second-order valence-corrected chi connectivity index (χ2v) is 8.86. The smallest absolute Gasteiger partial charge is 0.355 e. The molecule has 1 aromatic heterocycles. The van der Waals surface area contributed by atoms with Gasteiger partial charge in [0.15, 0.2) is 0 Å². The van der Waals surface area contributed by atoms with E-state index >= 15 is 0 Å². The van der Waals surface area contributed by atoms with Crippen LogP contribution in [0.4, 0.5) is 0 Å². The van der Waals surface area contributed by atoms with Gasteiger partial charge in [-0.2, -0.15) is 0 Å². The predicted octanol–water partition coefficient (Wildman–Crippen LogP) is 7.85. The summed E-state index contributed by atoms with van der Waals surface area (Å²) < 4.78 is 7.13. The Kier molecular flexibility index (Phi) is 17.6. The van der Waals surface area contributed by atoms with Crippen molar-refractivity contribution in [3.63, 3.8) is 0 Å². The fourth-order valence-corrected chi connectivity index (χ4v) is 4.06. The molecule has 0 aliphatic rings. The van der Waals surface area contributed by atoms with Crippen LogP contribution in [0.3, 0.4) is 0 Å². The Morgan fingerprint density at radius 2 is 1.37 bits per heavy atom. The van der Waals surface area contributed by atoms with Crippen LogP contribution in [0.25, 0.3) is 5.70 Å². The Hall–Kier alpha value is -1.23. The molecule has 0 amide bonds. The first-order chi connectivity index (χ1) is 14.8. The quantitative estimate of drug-likeness (QED) is 0.119. The Morgan fingerprint density at radius 3 is 1.80 bits per heavy atom. The van der Waals surface area contributed by atoms with E-state index < -0.39 is 0 Å². The Balaban J connectivity index is 1.87. The van der Waals surface area contributed by atoms with E-state index in [1.807, 2.05) is 6.26 Å². The number of hydrogen-bond donors (Lipinski definition) is 0. The highest BCUT2D eigenvalue weighted by Crippen LogP contribution is 2.15. The molecule has 0 aliphatic heterocycles. The van der Waals surface area contributed by atoms with Crippen molar-refractivity contribution in [2.75, 3.05) is 12.9 Å². The van der Waals surface area contributed by atoms with Crippen molar-refractivity contribution in [2.45, 2.75) is 110 Å². The lowest BCUT2D eigenvalue weighted by Gasteiger charge is -2.08. The minimum Gasteiger partial charge on any atom is -0.461 e. The number of aromatic nitrogens is 2. The zero-order valence-corrected chi connectivity index (χ0v) is 20.3. The standard InChI is InChI=1S/C25H44N2O2S/c1-3-4-5-6-7-8-9-10-11-12-13-14-15-16-17-18-21-29-25(28)24(22-30-2)27-20-19-26-23-27/h19-20,22-23H,3-18,21H2,1-2H3. The molecule has 0 bridgehead atoms. The van der Waals surface area contributed by atoms with Crippen molar-refractivity contribution >= 4 is 23.4 Å². The summed E-state index contributed by atoms with van der Waals surface area (Å²) in [6, 6.07) is 0. The van der Waals surface area contributed by atoms with Crippen LogP contribution < -0.4 is 0 Å². The summed E-state index contributed by atoms with van der Waals surface area (Å²) in [5, 5.41) is 1.80. The number of esters is 1. The monoisotopic (exact) mass is 436 g/mol. The summed E-state index contributed by atoms with van der Waals surface area (Å²) in [6.07, 6.45) is 28.5. The molecule has 0 aromatic carbocycles. The first kappa shape index (κ1) is 26.8. The van der Waals surface area contributed by atoms with Gasteiger partial charge in [0.1, 0.15) is 5.70 Å². The van der Waals surface area contributed by atoms with Gasteiger partial charge in [-0.15, -0.1) is 11.8 Å². The van der Waals surface area contributed by atoms with E-state index in [1.54, 1.807) is 28.7 Å². The lowest BCUT2D eigenvalue weighted by Crippen LogP contribution is -2.12. The molecule has 0 aliphatic carbocycles. The van der Waals surface area contributed by atoms with Gasteiger partial charge in [-0.25, -0.2) is 9.78 Å². The second kappa shape index (κ2) is 19.7. The van der Waals surface area contributed by atoms with Crippen LogP contribution >= 0.6 is 11.8 Å². The fourth-order valence-electron chi connectivity index (χ4n) is 3.62. The molecule has 0 spiro atoms. The van der Waals surface area contributed by atoms with Gasteiger partial charge in [0.05, 0.1) is 12.9 Å². The molecular formula is C25H44N2O2S. The Bertz CT molecular complexity index is 543. The highest BCUT2D eigenvalue weighted by molar-refractivity contribution is 8.01. The number of thioether (sulfide) groups is 1. The lowest BCUT2D eigenvalue weighted by molar-refractivity contribution is -0.137. The molecule has 0 unspecified atom stereocenters. The van der Waals surface area contributed by atoms with Gasteiger partial charge in [0, 0.05) is 17.8 Å². The number of unbranched alkanes of at least 4 members (excludes halogenated alkanes) is 15. The van der Waals surface area contributed by atoms with Gasteiger partial charge < -0.3 is 4.74 Å². The maximum absolute atomic E-state index is 12.2. The molecule has 0 fully saturated rings. The van der Waals surface area contributed by atoms with Crippen molar-refractivity contribution in [1.82, 2.24) is 9.55 Å². The van der Waals surface area contributed by atoms with Crippen molar-refractivity contribution in [1.29, 1.82) is 0 Å². The van der Waals surface area contributed by atoms with E-state index in [0.717, 1.165) is 12.8 Å². The number of imidazole rings is 1. The molecule has 0 saturated carbocycles. The third kappa shape index (κ3) is 13.9. The highest BCUT2D eigenvalue weighted by atomic mass is 32.2. The number of nitrogens with zero attached hydrogens (tertiary/aromatic N) is 2. The fraction of sp³-hybridized carbons (Fsp3) is 0.760. The van der Waals surface area contributed by atoms with E-state index in [1.165, 1.54) is 102 Å². The summed E-state index contributed by atoms with van der Waals surface area (Å²) >= 11 is 1.49. The minimum atomic E-state index is -0.275. The van der Waals surface area contributed by atoms with Gasteiger partial charge in [-0.1, -0.05) is 103 Å². The predicted molar refractivity (Wildman–Crippen MR) is 131 cm³/mol. The third-order valence-corrected chi connectivity index (χ3v) is 5.91. The van der Waals surface area contributed by atoms with Crippen molar-refractivity contribution in [2.24, 2.45) is 0 Å². The van der Waals surface area contributed by atoms with Crippen molar-refractivity contribution in [3.8, 4) is 0 Å². The van der Waals surface area contributed by atoms with Gasteiger partial charge >= 0.3 is 5.97 Å². The third-order valence-electron chi connectivity index (χ3n) is 5.45. The number of hydrogen-bond acceptors (Lipinski definition) is 4. The number of carbonyl (C=O) groups excluding carboxylic acids is 1. The molecule has 0 radical (unpaired) electrons. The van der Waals surface area contributed by atoms with Gasteiger partial charge in [0.25, 0.3) is 0 Å². The Morgan fingerprint density at radius 1 is 0.867 bits per heavy atom. The van der Waals surface area contributed by atoms with Gasteiger partial charge in [-0.3, -0.25) is 4.57 Å². The largest absolute Gasteiger partial charge is 0.461 e. The number of carbonyl (C=O) groups is 1. The van der Waals surface area contributed by atoms with E-state index in [4.69, 9.17) is 4.74 Å². The zero-order chi connectivity index (χ0) is 21.7. The van der Waals surface area contributed by atoms with E-state index in [9.17, 15) is 4.79 Å². The summed E-state index contributed by atoms with van der Waals surface area (Å²) in [4.78, 5) is 16.2. The molecule has 1 aromatic rings. The maximum Gasteiger partial charge on any atom is 0.355 e. The number of ether oxygens (including phenoxy) is 1. The lowest BCUT2D eigenvalue weighted by atomic mass is 10.0. The van der Waals surface area contributed by atoms with Gasteiger partial charge in [-0.05, 0) is 12.7 Å². The molecule has 5 heteroatoms. The SMILES string of the molecule is CCCCCCCCCCCCCCCCCCOC(=O)C(=CSC)n1ccnc1. The van der Waals surface area contributed by atoms with E-state index in [2.05, 4.69) is 11.9 Å². The summed E-state index contributed by atoms with van der Waals surface area (Å²) in [6.45, 7) is 2.78. The van der Waals surface area contributed by atoms with Crippen molar-refractivity contribution < 1.29 is 9.53 Å². The molecule has 0 saturated heterocycles. The topological polar surface area (TPSA) is 44.1 Å². The first-order valence-electron chi connectivity index (χ1n) is 12.2. The summed E-state index contributed by atoms with van der Waals surface area (Å²) in [7, 11) is 0. The zero-order valence-electron chi connectivity index (χ0n) is 19.4. The molecule has 1 rings (SSSR count). The molecular weight excluding hydrogens is 392 g/mol. The Labute approximate surface area is 189 Å². The van der Waals surface area contributed by atoms with E-state index in [0.29, 0.717) is 12.3 Å². The molecule has 0 atom stereocenters. The van der Waals surface area contributed by atoms with Crippen LogP contribution in [0.2, 0.25) is 0 Å². The van der Waals surface area contributed by atoms with Crippen LogP contribution in [-0.4, -0.2) is 28.4 Å². The highest BCUT2D eigenvalue weighted by Gasteiger charge is 2.12. The molecule has 30 heavy (non-hydrogen) atoms. The molecule has 4 nitrogen and oxygen atoms in total. The number of rotatable bonds is 20. The summed E-state index contributed by atoms with van der Waals surface area (Å²) in [5.74, 6) is -0.275. The van der Waals surface area contributed by atoms with Crippen LogP contribution in [0, 0.1) is 0 Å². The van der Waals surface area contributed by atoms with Gasteiger partial charge in [0.2, 0.25) is 0 Å². The van der Waals surface area contributed by atoms with E-state index in [-0.39, 0.29) is 5.97 Å². The average Bonchev–Trinajstić information content (AvgIpc) is 3.28. The van der Waals surface area contributed by atoms with Crippen LogP contribution in [-0.2, 0) is 9.53 Å². The molecule has 1 heterocycles. The van der Waals surface area contributed by atoms with Crippen LogP contribution in [0.5, 0.6) is 0 Å². The summed E-state index contributed by atoms with van der Waals surface area (Å²) in [5.41, 5.74) is 0.525. The average molecular weight is 437 g/mol. The maximum atomic E-state index is 12.2. The normalized spacial score (nSPS) is 11.7. The first-order valence-corrected chi connectivity index (χ1v) is 13.5.